The first-order valence-electron chi connectivity index (χ1n) is 4.88. The number of aromatic amines is 2. The average molecular weight is 231 g/mol. The lowest BCUT2D eigenvalue weighted by Crippen LogP contribution is -2.18. The summed E-state index contributed by atoms with van der Waals surface area (Å²) >= 11 is 0. The third-order valence-electron chi connectivity index (χ3n) is 2.48. The number of nitrogens with zero attached hydrogens (tertiary/aromatic N) is 4. The van der Waals surface area contributed by atoms with E-state index >= 15 is 0 Å². The summed E-state index contributed by atoms with van der Waals surface area (Å²) in [5.74, 6) is 0.448. The van der Waals surface area contributed by atoms with Crippen LogP contribution < -0.4 is 11.3 Å². The molecular formula is C9H9N7O. The van der Waals surface area contributed by atoms with Gasteiger partial charge in [-0.05, 0) is 0 Å². The van der Waals surface area contributed by atoms with Crippen LogP contribution in [0.3, 0.4) is 0 Å². The van der Waals surface area contributed by atoms with E-state index in [1.807, 2.05) is 0 Å². The fourth-order valence-corrected chi connectivity index (χ4v) is 1.59. The summed E-state index contributed by atoms with van der Waals surface area (Å²) in [6.07, 6.45) is 3.09. The Balaban J connectivity index is 2.31. The Hall–Kier alpha value is -2.64. The molecule has 0 saturated heterocycles. The molecule has 86 valence electrons. The number of nitrogens with two attached hydrogens (primary N) is 1. The molecule has 0 fully saturated rings. The van der Waals surface area contributed by atoms with E-state index in [2.05, 4.69) is 25.3 Å². The fourth-order valence-electron chi connectivity index (χ4n) is 1.59. The monoisotopic (exact) mass is 231 g/mol. The van der Waals surface area contributed by atoms with Crippen LogP contribution in [-0.4, -0.2) is 29.9 Å². The minimum absolute atomic E-state index is 0.265. The first kappa shape index (κ1) is 9.58. The van der Waals surface area contributed by atoms with Gasteiger partial charge >= 0.3 is 0 Å². The van der Waals surface area contributed by atoms with E-state index < -0.39 is 0 Å². The standard InChI is InChI=1S/C9H9N7O/c1-16-9(17)7-5(3-12-16)13-8(14-7)6-4(10)2-11-15-6/h2-3H,10H2,1H3,(H,11,15)(H,13,14). The highest BCUT2D eigenvalue weighted by atomic mass is 16.1. The maximum absolute atomic E-state index is 11.8. The molecule has 0 amide bonds. The van der Waals surface area contributed by atoms with E-state index in [1.54, 1.807) is 13.2 Å². The molecule has 0 aliphatic carbocycles. The molecule has 0 unspecified atom stereocenters. The normalized spacial score (nSPS) is 11.1. The number of aromatic nitrogens is 6. The van der Waals surface area contributed by atoms with Crippen molar-refractivity contribution >= 4 is 16.7 Å². The van der Waals surface area contributed by atoms with Gasteiger partial charge in [0.1, 0.15) is 0 Å². The summed E-state index contributed by atoms with van der Waals surface area (Å²) in [5, 5.41) is 10.5. The van der Waals surface area contributed by atoms with Crippen molar-refractivity contribution in [2.24, 2.45) is 7.05 Å². The molecule has 0 aliphatic rings. The topological polar surface area (TPSA) is 118 Å². The van der Waals surface area contributed by atoms with Crippen molar-refractivity contribution in [3.8, 4) is 11.5 Å². The number of hydrogen-bond acceptors (Lipinski definition) is 5. The van der Waals surface area contributed by atoms with Gasteiger partial charge in [0.15, 0.2) is 17.0 Å². The van der Waals surface area contributed by atoms with Crippen LogP contribution in [0.5, 0.6) is 0 Å². The quantitative estimate of drug-likeness (QED) is 0.528. The predicted molar refractivity (Wildman–Crippen MR) is 61.1 cm³/mol. The molecule has 3 aromatic heterocycles. The van der Waals surface area contributed by atoms with Crippen LogP contribution in [0.15, 0.2) is 17.2 Å². The van der Waals surface area contributed by atoms with E-state index in [0.29, 0.717) is 28.2 Å². The van der Waals surface area contributed by atoms with Crippen molar-refractivity contribution < 1.29 is 0 Å². The van der Waals surface area contributed by atoms with Crippen molar-refractivity contribution in [2.45, 2.75) is 0 Å². The smallest absolute Gasteiger partial charge is 0.294 e. The Morgan fingerprint density at radius 3 is 3.00 bits per heavy atom. The molecule has 0 aromatic carbocycles. The second-order valence-corrected chi connectivity index (χ2v) is 3.61. The van der Waals surface area contributed by atoms with Crippen LogP contribution in [0.2, 0.25) is 0 Å². The Kier molecular flexibility index (Phi) is 1.79. The van der Waals surface area contributed by atoms with Crippen molar-refractivity contribution in [3.63, 3.8) is 0 Å². The molecule has 0 aliphatic heterocycles. The van der Waals surface area contributed by atoms with Gasteiger partial charge in [0.2, 0.25) is 0 Å². The molecule has 0 spiro atoms. The van der Waals surface area contributed by atoms with Crippen molar-refractivity contribution in [1.29, 1.82) is 0 Å². The molecule has 3 rings (SSSR count). The number of hydrogen-bond donors (Lipinski definition) is 3. The summed E-state index contributed by atoms with van der Waals surface area (Å²) in [7, 11) is 1.57. The zero-order valence-corrected chi connectivity index (χ0v) is 8.93. The molecule has 8 heteroatoms. The molecule has 0 atom stereocenters. The van der Waals surface area contributed by atoms with Gasteiger partial charge in [0, 0.05) is 13.2 Å². The number of imidazole rings is 1. The van der Waals surface area contributed by atoms with Crippen LogP contribution in [-0.2, 0) is 7.05 Å². The summed E-state index contributed by atoms with van der Waals surface area (Å²) in [6.45, 7) is 0. The summed E-state index contributed by atoms with van der Waals surface area (Å²) in [5.41, 5.74) is 7.28. The molecule has 8 nitrogen and oxygen atoms in total. The molecule has 3 heterocycles. The maximum Gasteiger partial charge on any atom is 0.294 e. The third-order valence-corrected chi connectivity index (χ3v) is 2.48. The lowest BCUT2D eigenvalue weighted by Gasteiger charge is -1.91. The highest BCUT2D eigenvalue weighted by Gasteiger charge is 2.13. The van der Waals surface area contributed by atoms with E-state index in [0.717, 1.165) is 0 Å². The highest BCUT2D eigenvalue weighted by Crippen LogP contribution is 2.20. The van der Waals surface area contributed by atoms with Crippen molar-refractivity contribution in [2.75, 3.05) is 5.73 Å². The number of nitrogen functional groups attached to an aromatic ring is 1. The Bertz CT molecular complexity index is 750. The third kappa shape index (κ3) is 1.30. The van der Waals surface area contributed by atoms with Crippen molar-refractivity contribution in [3.05, 3.63) is 22.7 Å². The van der Waals surface area contributed by atoms with Gasteiger partial charge in [-0.25, -0.2) is 9.67 Å². The number of fused-ring (bicyclic) bond motifs is 1. The minimum atomic E-state index is -0.265. The number of anilines is 1. The van der Waals surface area contributed by atoms with Crippen LogP contribution in [0.1, 0.15) is 0 Å². The molecule has 4 N–H and O–H groups in total. The summed E-state index contributed by atoms with van der Waals surface area (Å²) in [6, 6.07) is 0. The SMILES string of the molecule is Cn1ncc2[nH]c(-c3n[nH]cc3N)nc2c1=O. The lowest BCUT2D eigenvalue weighted by molar-refractivity contribution is 0.716. The first-order valence-corrected chi connectivity index (χ1v) is 4.88. The van der Waals surface area contributed by atoms with E-state index in [1.165, 1.54) is 10.9 Å². The average Bonchev–Trinajstić information content (AvgIpc) is 2.89. The molecule has 0 radical (unpaired) electrons. The lowest BCUT2D eigenvalue weighted by atomic mass is 10.4. The molecule has 0 bridgehead atoms. The maximum atomic E-state index is 11.8. The van der Waals surface area contributed by atoms with Gasteiger partial charge in [0.25, 0.3) is 5.56 Å². The minimum Gasteiger partial charge on any atom is -0.396 e. The number of nitrogens with one attached hydrogen (secondary N) is 2. The van der Waals surface area contributed by atoms with Crippen molar-refractivity contribution in [1.82, 2.24) is 29.9 Å². The van der Waals surface area contributed by atoms with Crippen LogP contribution in [0.4, 0.5) is 5.69 Å². The van der Waals surface area contributed by atoms with Gasteiger partial charge < -0.3 is 10.7 Å². The molecule has 0 saturated carbocycles. The van der Waals surface area contributed by atoms with Crippen LogP contribution in [0, 0.1) is 0 Å². The first-order chi connectivity index (χ1) is 8.16. The van der Waals surface area contributed by atoms with Crippen LogP contribution in [0.25, 0.3) is 22.6 Å². The van der Waals surface area contributed by atoms with E-state index in [4.69, 9.17) is 5.73 Å². The van der Waals surface area contributed by atoms with E-state index in [9.17, 15) is 4.79 Å². The van der Waals surface area contributed by atoms with Gasteiger partial charge in [0.05, 0.1) is 17.4 Å². The number of rotatable bonds is 1. The largest absolute Gasteiger partial charge is 0.396 e. The molecule has 17 heavy (non-hydrogen) atoms. The Labute approximate surface area is 94.5 Å². The Morgan fingerprint density at radius 1 is 1.47 bits per heavy atom. The molecule has 3 aromatic rings. The summed E-state index contributed by atoms with van der Waals surface area (Å²) in [4.78, 5) is 18.9. The number of H-pyrrole nitrogens is 2. The number of aryl methyl sites for hydroxylation is 1. The predicted octanol–water partition coefficient (Wildman–Crippen LogP) is -0.371. The molecular weight excluding hydrogens is 222 g/mol. The fraction of sp³-hybridized carbons (Fsp3) is 0.111. The summed E-state index contributed by atoms with van der Waals surface area (Å²) < 4.78 is 1.22. The van der Waals surface area contributed by atoms with Gasteiger partial charge in [-0.15, -0.1) is 0 Å². The zero-order chi connectivity index (χ0) is 12.0. The highest BCUT2D eigenvalue weighted by molar-refractivity contribution is 5.79. The Morgan fingerprint density at radius 2 is 2.29 bits per heavy atom. The second kappa shape index (κ2) is 3.17. The van der Waals surface area contributed by atoms with E-state index in [-0.39, 0.29) is 5.56 Å². The van der Waals surface area contributed by atoms with Gasteiger partial charge in [-0.1, -0.05) is 0 Å². The zero-order valence-electron chi connectivity index (χ0n) is 8.93. The van der Waals surface area contributed by atoms with Gasteiger partial charge in [-0.3, -0.25) is 9.89 Å². The van der Waals surface area contributed by atoms with Gasteiger partial charge in [-0.2, -0.15) is 10.2 Å². The van der Waals surface area contributed by atoms with Crippen LogP contribution >= 0.6 is 0 Å². The second-order valence-electron chi connectivity index (χ2n) is 3.61.